The van der Waals surface area contributed by atoms with E-state index in [4.69, 9.17) is 4.55 Å². The minimum atomic E-state index is -5.04. The Bertz CT molecular complexity index is 963. The quantitative estimate of drug-likeness (QED) is 0.368. The van der Waals surface area contributed by atoms with Crippen LogP contribution in [-0.2, 0) is 10.1 Å². The van der Waals surface area contributed by atoms with Crippen molar-refractivity contribution < 1.29 is 44.1 Å². The fourth-order valence-corrected chi connectivity index (χ4v) is 2.37. The predicted octanol–water partition coefficient (Wildman–Crippen LogP) is 3.02. The molecule has 2 N–H and O–H groups in total. The fraction of sp³-hybridized carbons (Fsp3) is 0. The molecule has 0 saturated heterocycles. The summed E-state index contributed by atoms with van der Waals surface area (Å²) in [5.41, 5.74) is -2.42. The van der Waals surface area contributed by atoms with Crippen LogP contribution in [-0.4, -0.2) is 18.9 Å². The molecule has 25 heavy (non-hydrogen) atoms. The number of hydrogen-bond acceptors (Lipinski definition) is 3. The first-order valence-corrected chi connectivity index (χ1v) is 7.49. The number of halogens is 6. The third kappa shape index (κ3) is 3.44. The maximum Gasteiger partial charge on any atom is 0.297 e. The van der Waals surface area contributed by atoms with Gasteiger partial charge in [-0.2, -0.15) is 8.42 Å². The van der Waals surface area contributed by atoms with Crippen LogP contribution in [0.4, 0.5) is 32.0 Å². The number of amides is 1. The third-order valence-corrected chi connectivity index (χ3v) is 3.77. The van der Waals surface area contributed by atoms with Gasteiger partial charge in [0.05, 0.1) is 0 Å². The Morgan fingerprint density at radius 2 is 1.36 bits per heavy atom. The van der Waals surface area contributed by atoms with Gasteiger partial charge < -0.3 is 5.32 Å². The predicted molar refractivity (Wildman–Crippen MR) is 70.4 cm³/mol. The van der Waals surface area contributed by atoms with Crippen LogP contribution in [0.15, 0.2) is 23.1 Å². The summed E-state index contributed by atoms with van der Waals surface area (Å²) in [5.74, 6) is -15.2. The van der Waals surface area contributed by atoms with E-state index in [0.717, 1.165) is 6.07 Å². The second kappa shape index (κ2) is 6.37. The van der Waals surface area contributed by atoms with Gasteiger partial charge in [-0.15, -0.1) is 0 Å². The lowest BCUT2D eigenvalue weighted by Crippen LogP contribution is -2.19. The highest BCUT2D eigenvalue weighted by molar-refractivity contribution is 7.85. The van der Waals surface area contributed by atoms with Gasteiger partial charge in [-0.05, 0) is 18.2 Å². The Morgan fingerprint density at radius 3 is 1.84 bits per heavy atom. The van der Waals surface area contributed by atoms with Crippen molar-refractivity contribution in [3.8, 4) is 0 Å². The zero-order chi connectivity index (χ0) is 19.1. The molecule has 0 unspecified atom stereocenters. The van der Waals surface area contributed by atoms with Crippen molar-refractivity contribution in [1.29, 1.82) is 0 Å². The number of carbonyl (C=O) groups excluding carboxylic acids is 1. The average Bonchev–Trinajstić information content (AvgIpc) is 2.52. The molecule has 0 fully saturated rings. The summed E-state index contributed by atoms with van der Waals surface area (Å²) in [6, 6.07) is 1.60. The molecule has 0 aliphatic carbocycles. The molecule has 134 valence electrons. The number of anilines is 1. The fourth-order valence-electron chi connectivity index (χ4n) is 1.78. The SMILES string of the molecule is O=C(Nc1ccc(F)c(S(=O)(=O)O)c1)c1c(F)c(F)c(F)c(F)c1F. The summed E-state index contributed by atoms with van der Waals surface area (Å²) in [5, 5.41) is 1.64. The number of rotatable bonds is 3. The normalized spacial score (nSPS) is 11.5. The van der Waals surface area contributed by atoms with Crippen molar-refractivity contribution in [1.82, 2.24) is 0 Å². The van der Waals surface area contributed by atoms with E-state index in [9.17, 15) is 39.6 Å². The number of carbonyl (C=O) groups is 1. The van der Waals surface area contributed by atoms with Crippen molar-refractivity contribution in [3.63, 3.8) is 0 Å². The Morgan fingerprint density at radius 1 is 0.880 bits per heavy atom. The average molecular weight is 385 g/mol. The second-order valence-electron chi connectivity index (χ2n) is 4.52. The van der Waals surface area contributed by atoms with E-state index in [1.165, 1.54) is 0 Å². The molecule has 0 bridgehead atoms. The first-order valence-electron chi connectivity index (χ1n) is 6.05. The van der Waals surface area contributed by atoms with E-state index in [1.54, 1.807) is 5.32 Å². The van der Waals surface area contributed by atoms with Crippen molar-refractivity contribution >= 4 is 21.7 Å². The lowest BCUT2D eigenvalue weighted by Gasteiger charge is -2.10. The first-order chi connectivity index (χ1) is 11.4. The van der Waals surface area contributed by atoms with Crippen molar-refractivity contribution in [3.05, 3.63) is 58.7 Å². The van der Waals surface area contributed by atoms with E-state index >= 15 is 0 Å². The third-order valence-electron chi connectivity index (χ3n) is 2.90. The highest BCUT2D eigenvalue weighted by Gasteiger charge is 2.30. The minimum absolute atomic E-state index is 0.384. The number of benzene rings is 2. The lowest BCUT2D eigenvalue weighted by molar-refractivity contribution is 0.101. The maximum absolute atomic E-state index is 13.5. The molecule has 2 rings (SSSR count). The number of nitrogens with one attached hydrogen (secondary N) is 1. The van der Waals surface area contributed by atoms with Gasteiger partial charge in [-0.3, -0.25) is 9.35 Å². The highest BCUT2D eigenvalue weighted by Crippen LogP contribution is 2.25. The van der Waals surface area contributed by atoms with E-state index in [2.05, 4.69) is 0 Å². The summed E-state index contributed by atoms with van der Waals surface area (Å²) in [6.45, 7) is 0. The molecule has 0 radical (unpaired) electrons. The Hall–Kier alpha value is -2.60. The second-order valence-corrected chi connectivity index (χ2v) is 5.91. The van der Waals surface area contributed by atoms with Crippen molar-refractivity contribution in [2.24, 2.45) is 0 Å². The van der Waals surface area contributed by atoms with E-state index in [0.29, 0.717) is 12.1 Å². The standard InChI is InChI=1S/C13H5F6NO4S/c14-5-2-1-4(3-6(5)25(22,23)24)20-13(21)7-8(15)10(17)12(19)11(18)9(7)16/h1-3H,(H,20,21)(H,22,23,24). The molecule has 2 aromatic rings. The topological polar surface area (TPSA) is 83.5 Å². The Labute approximate surface area is 135 Å². The van der Waals surface area contributed by atoms with Crippen LogP contribution in [0, 0.1) is 34.9 Å². The molecule has 0 spiro atoms. The summed E-state index contributed by atoms with van der Waals surface area (Å²) in [6.07, 6.45) is 0. The van der Waals surface area contributed by atoms with Crippen molar-refractivity contribution in [2.45, 2.75) is 4.90 Å². The molecule has 0 aliphatic rings. The molecule has 1 amide bonds. The van der Waals surface area contributed by atoms with Crippen LogP contribution < -0.4 is 5.32 Å². The van der Waals surface area contributed by atoms with Crippen LogP contribution in [0.1, 0.15) is 10.4 Å². The molecule has 0 saturated carbocycles. The van der Waals surface area contributed by atoms with Gasteiger partial charge in [0.25, 0.3) is 16.0 Å². The summed E-state index contributed by atoms with van der Waals surface area (Å²) in [7, 11) is -5.04. The van der Waals surface area contributed by atoms with E-state index < -0.39 is 67.1 Å². The molecule has 0 atom stereocenters. The van der Waals surface area contributed by atoms with Crippen LogP contribution >= 0.6 is 0 Å². The summed E-state index contributed by atoms with van der Waals surface area (Å²) >= 11 is 0. The smallest absolute Gasteiger partial charge is 0.297 e. The summed E-state index contributed by atoms with van der Waals surface area (Å²) < 4.78 is 110. The molecule has 0 heterocycles. The van der Waals surface area contributed by atoms with E-state index in [1.807, 2.05) is 0 Å². The van der Waals surface area contributed by atoms with Crippen LogP contribution in [0.5, 0.6) is 0 Å². The number of hydrogen-bond donors (Lipinski definition) is 2. The Balaban J connectivity index is 2.49. The van der Waals surface area contributed by atoms with Crippen LogP contribution in [0.2, 0.25) is 0 Å². The zero-order valence-electron chi connectivity index (χ0n) is 11.6. The molecular formula is C13H5F6NO4S. The first kappa shape index (κ1) is 18.7. The Kier molecular flexibility index (Phi) is 4.77. The van der Waals surface area contributed by atoms with Crippen molar-refractivity contribution in [2.75, 3.05) is 5.32 Å². The largest absolute Gasteiger partial charge is 0.322 e. The van der Waals surface area contributed by atoms with Crippen LogP contribution in [0.3, 0.4) is 0 Å². The zero-order valence-corrected chi connectivity index (χ0v) is 12.4. The van der Waals surface area contributed by atoms with E-state index in [-0.39, 0.29) is 0 Å². The molecule has 12 heteroatoms. The lowest BCUT2D eigenvalue weighted by atomic mass is 10.1. The molecular weight excluding hydrogens is 380 g/mol. The molecule has 0 aromatic heterocycles. The van der Waals surface area contributed by atoms with Gasteiger partial charge in [-0.1, -0.05) is 0 Å². The molecule has 0 aliphatic heterocycles. The van der Waals surface area contributed by atoms with Gasteiger partial charge in [0.15, 0.2) is 23.3 Å². The van der Waals surface area contributed by atoms with Gasteiger partial charge >= 0.3 is 0 Å². The minimum Gasteiger partial charge on any atom is -0.322 e. The molecule has 2 aromatic carbocycles. The molecule has 5 nitrogen and oxygen atoms in total. The van der Waals surface area contributed by atoms with Gasteiger partial charge in [-0.25, -0.2) is 26.3 Å². The highest BCUT2D eigenvalue weighted by atomic mass is 32.2. The van der Waals surface area contributed by atoms with Gasteiger partial charge in [0.1, 0.15) is 16.3 Å². The summed E-state index contributed by atoms with van der Waals surface area (Å²) in [4.78, 5) is 10.5. The monoisotopic (exact) mass is 385 g/mol. The maximum atomic E-state index is 13.5. The van der Waals surface area contributed by atoms with Crippen LogP contribution in [0.25, 0.3) is 0 Å². The van der Waals surface area contributed by atoms with Gasteiger partial charge in [0.2, 0.25) is 5.82 Å². The van der Waals surface area contributed by atoms with Gasteiger partial charge in [0, 0.05) is 5.69 Å².